The van der Waals surface area contributed by atoms with Crippen LogP contribution in [0.25, 0.3) is 0 Å². The summed E-state index contributed by atoms with van der Waals surface area (Å²) in [4.78, 5) is 27.9. The normalized spacial score (nSPS) is 16.1. The van der Waals surface area contributed by atoms with Crippen LogP contribution in [0.5, 0.6) is 0 Å². The molecule has 0 spiro atoms. The smallest absolute Gasteiger partial charge is 0.294 e. The summed E-state index contributed by atoms with van der Waals surface area (Å²) >= 11 is 6.21. The summed E-state index contributed by atoms with van der Waals surface area (Å²) in [6.07, 6.45) is 0.727. The van der Waals surface area contributed by atoms with Crippen LogP contribution < -0.4 is 4.90 Å². The van der Waals surface area contributed by atoms with Gasteiger partial charge in [-0.05, 0) is 42.2 Å². The number of Topliss-reactive ketones (excluding diaryl/α,β-unsaturated/α-hetero) is 1. The summed E-state index contributed by atoms with van der Waals surface area (Å²) in [7, 11) is 0. The zero-order valence-electron chi connectivity index (χ0n) is 17.1. The number of ketones is 1. The van der Waals surface area contributed by atoms with Gasteiger partial charge in [0, 0.05) is 17.1 Å². The molecule has 0 aromatic heterocycles. The maximum atomic E-state index is 13.3. The van der Waals surface area contributed by atoms with Crippen molar-refractivity contribution in [2.24, 2.45) is 0 Å². The van der Waals surface area contributed by atoms with Crippen LogP contribution in [-0.4, -0.2) is 16.8 Å². The summed E-state index contributed by atoms with van der Waals surface area (Å²) < 4.78 is 0. The molecule has 1 heterocycles. The van der Waals surface area contributed by atoms with Gasteiger partial charge in [-0.1, -0.05) is 78.3 Å². The number of aryl methyl sites for hydroxylation is 2. The van der Waals surface area contributed by atoms with Crippen LogP contribution in [0.3, 0.4) is 0 Å². The minimum atomic E-state index is -0.714. The molecular weight excluding hydrogens is 410 g/mol. The van der Waals surface area contributed by atoms with Crippen molar-refractivity contribution < 1.29 is 14.7 Å². The lowest BCUT2D eigenvalue weighted by molar-refractivity contribution is -0.118. The number of anilines is 1. The zero-order chi connectivity index (χ0) is 22.0. The predicted octanol–water partition coefficient (Wildman–Crippen LogP) is 5.75. The SMILES string of the molecule is Cc1ccc(Cl)cc1N1C(=O)C(O)=C(C(=O)CCc2ccccc2)C1c1ccccc1. The highest BCUT2D eigenvalue weighted by Gasteiger charge is 2.44. The molecule has 4 rings (SSSR count). The molecule has 0 radical (unpaired) electrons. The number of carbonyl (C=O) groups is 2. The molecule has 3 aromatic rings. The summed E-state index contributed by atoms with van der Waals surface area (Å²) in [5, 5.41) is 11.3. The van der Waals surface area contributed by atoms with Gasteiger partial charge in [0.05, 0.1) is 11.6 Å². The third-order valence-electron chi connectivity index (χ3n) is 5.54. The van der Waals surface area contributed by atoms with Gasteiger partial charge in [0.2, 0.25) is 0 Å². The molecule has 0 saturated carbocycles. The molecule has 156 valence electrons. The molecule has 0 aliphatic carbocycles. The molecule has 1 aliphatic heterocycles. The van der Waals surface area contributed by atoms with E-state index in [2.05, 4.69) is 0 Å². The van der Waals surface area contributed by atoms with Crippen LogP contribution in [-0.2, 0) is 16.0 Å². The van der Waals surface area contributed by atoms with E-state index in [1.807, 2.05) is 73.7 Å². The molecule has 1 N–H and O–H groups in total. The maximum absolute atomic E-state index is 13.3. The Morgan fingerprint density at radius 2 is 1.65 bits per heavy atom. The average molecular weight is 432 g/mol. The first-order valence-corrected chi connectivity index (χ1v) is 10.5. The summed E-state index contributed by atoms with van der Waals surface area (Å²) in [5.74, 6) is -1.33. The van der Waals surface area contributed by atoms with Gasteiger partial charge in [0.1, 0.15) is 0 Å². The van der Waals surface area contributed by atoms with Crippen molar-refractivity contribution in [1.29, 1.82) is 0 Å². The maximum Gasteiger partial charge on any atom is 0.294 e. The molecule has 4 nitrogen and oxygen atoms in total. The van der Waals surface area contributed by atoms with E-state index >= 15 is 0 Å². The Labute approximate surface area is 186 Å². The minimum Gasteiger partial charge on any atom is -0.503 e. The molecule has 31 heavy (non-hydrogen) atoms. The number of halogens is 1. The Bertz CT molecular complexity index is 1160. The monoisotopic (exact) mass is 431 g/mol. The van der Waals surface area contributed by atoms with Gasteiger partial charge < -0.3 is 5.11 Å². The van der Waals surface area contributed by atoms with Crippen LogP contribution in [0, 0.1) is 6.92 Å². The number of hydrogen-bond donors (Lipinski definition) is 1. The standard InChI is InChI=1S/C26H22ClNO3/c1-17-12-14-20(27)16-21(17)28-24(19-10-6-3-7-11-19)23(25(30)26(28)31)22(29)15-13-18-8-4-2-5-9-18/h2-12,14,16,24,30H,13,15H2,1H3. The second-order valence-corrected chi connectivity index (χ2v) is 8.03. The van der Waals surface area contributed by atoms with E-state index in [0.29, 0.717) is 17.1 Å². The number of aliphatic hydroxyl groups is 1. The van der Waals surface area contributed by atoms with E-state index in [0.717, 1.165) is 16.7 Å². The summed E-state index contributed by atoms with van der Waals surface area (Å²) in [6.45, 7) is 1.87. The van der Waals surface area contributed by atoms with Crippen molar-refractivity contribution in [3.63, 3.8) is 0 Å². The van der Waals surface area contributed by atoms with Crippen molar-refractivity contribution in [3.8, 4) is 0 Å². The topological polar surface area (TPSA) is 57.6 Å². The molecule has 0 fully saturated rings. The van der Waals surface area contributed by atoms with Crippen molar-refractivity contribution in [1.82, 2.24) is 0 Å². The Morgan fingerprint density at radius 1 is 1.00 bits per heavy atom. The number of carbonyl (C=O) groups excluding carboxylic acids is 2. The third kappa shape index (κ3) is 4.12. The molecule has 1 unspecified atom stereocenters. The van der Waals surface area contributed by atoms with E-state index in [4.69, 9.17) is 11.6 Å². The molecular formula is C26H22ClNO3. The highest BCUT2D eigenvalue weighted by atomic mass is 35.5. The number of amides is 1. The second kappa shape index (κ2) is 8.78. The van der Waals surface area contributed by atoms with Gasteiger partial charge in [-0.2, -0.15) is 0 Å². The molecule has 1 atom stereocenters. The number of benzene rings is 3. The highest BCUT2D eigenvalue weighted by molar-refractivity contribution is 6.31. The number of rotatable bonds is 6. The molecule has 3 aromatic carbocycles. The van der Waals surface area contributed by atoms with Crippen molar-refractivity contribution in [2.75, 3.05) is 4.90 Å². The van der Waals surface area contributed by atoms with Crippen molar-refractivity contribution in [3.05, 3.63) is 112 Å². The first-order chi connectivity index (χ1) is 15.0. The predicted molar refractivity (Wildman–Crippen MR) is 122 cm³/mol. The lowest BCUT2D eigenvalue weighted by Crippen LogP contribution is -2.31. The van der Waals surface area contributed by atoms with E-state index in [1.54, 1.807) is 12.1 Å². The first kappa shape index (κ1) is 20.9. The fourth-order valence-electron chi connectivity index (χ4n) is 3.97. The molecule has 0 saturated heterocycles. The van der Waals surface area contributed by atoms with Gasteiger partial charge in [-0.3, -0.25) is 14.5 Å². The largest absolute Gasteiger partial charge is 0.503 e. The van der Waals surface area contributed by atoms with E-state index in [1.165, 1.54) is 4.90 Å². The third-order valence-corrected chi connectivity index (χ3v) is 5.77. The fraction of sp³-hybridized carbons (Fsp3) is 0.154. The second-order valence-electron chi connectivity index (χ2n) is 7.59. The lowest BCUT2D eigenvalue weighted by atomic mass is 9.93. The minimum absolute atomic E-state index is 0.131. The Kier molecular flexibility index (Phi) is 5.92. The lowest BCUT2D eigenvalue weighted by Gasteiger charge is -2.28. The summed E-state index contributed by atoms with van der Waals surface area (Å²) in [6, 6.07) is 23.5. The quantitative estimate of drug-likeness (QED) is 0.540. The van der Waals surface area contributed by atoms with Crippen molar-refractivity contribution in [2.45, 2.75) is 25.8 Å². The van der Waals surface area contributed by atoms with Gasteiger partial charge >= 0.3 is 0 Å². The fourth-order valence-corrected chi connectivity index (χ4v) is 4.13. The zero-order valence-corrected chi connectivity index (χ0v) is 17.8. The average Bonchev–Trinajstić information content (AvgIpc) is 3.06. The molecule has 1 amide bonds. The van der Waals surface area contributed by atoms with Crippen LogP contribution in [0.1, 0.15) is 29.2 Å². The number of hydrogen-bond acceptors (Lipinski definition) is 3. The Balaban J connectivity index is 1.75. The number of nitrogens with zero attached hydrogens (tertiary/aromatic N) is 1. The molecule has 1 aliphatic rings. The van der Waals surface area contributed by atoms with E-state index in [-0.39, 0.29) is 17.8 Å². The van der Waals surface area contributed by atoms with E-state index < -0.39 is 17.7 Å². The highest BCUT2D eigenvalue weighted by Crippen LogP contribution is 2.43. The van der Waals surface area contributed by atoms with Gasteiger partial charge in [0.25, 0.3) is 5.91 Å². The van der Waals surface area contributed by atoms with E-state index in [9.17, 15) is 14.7 Å². The summed E-state index contributed by atoms with van der Waals surface area (Å²) in [5.41, 5.74) is 3.31. The van der Waals surface area contributed by atoms with Gasteiger partial charge in [-0.25, -0.2) is 0 Å². The number of aliphatic hydroxyl groups excluding tert-OH is 1. The van der Waals surface area contributed by atoms with Crippen LogP contribution >= 0.6 is 11.6 Å². The molecule has 5 heteroatoms. The molecule has 0 bridgehead atoms. The van der Waals surface area contributed by atoms with Crippen molar-refractivity contribution >= 4 is 29.0 Å². The Hall–Kier alpha value is -3.37. The Morgan fingerprint density at radius 3 is 2.32 bits per heavy atom. The van der Waals surface area contributed by atoms with Gasteiger partial charge in [-0.15, -0.1) is 0 Å². The van der Waals surface area contributed by atoms with Crippen LogP contribution in [0.4, 0.5) is 5.69 Å². The van der Waals surface area contributed by atoms with Gasteiger partial charge in [0.15, 0.2) is 11.5 Å². The first-order valence-electron chi connectivity index (χ1n) is 10.1. The van der Waals surface area contributed by atoms with Crippen LogP contribution in [0.15, 0.2) is 90.2 Å². The van der Waals surface area contributed by atoms with Crippen LogP contribution in [0.2, 0.25) is 5.02 Å².